The minimum atomic E-state index is -2.35. The topological polar surface area (TPSA) is 59.4 Å². The molecule has 0 saturated carbocycles. The number of hydrogen-bond donors (Lipinski definition) is 1. The van der Waals surface area contributed by atoms with Crippen LogP contribution in [0.25, 0.3) is 0 Å². The first-order chi connectivity index (χ1) is 5.66. The molecule has 66 valence electrons. The van der Waals surface area contributed by atoms with Crippen LogP contribution in [-0.2, 0) is 9.09 Å². The van der Waals surface area contributed by atoms with Crippen molar-refractivity contribution in [3.63, 3.8) is 0 Å². The number of nitrogens with zero attached hydrogens (tertiary/aromatic N) is 1. The van der Waals surface area contributed by atoms with Crippen LogP contribution in [0, 0.1) is 6.92 Å². The Labute approximate surface area is 72.2 Å². The van der Waals surface area contributed by atoms with Crippen LogP contribution in [0.1, 0.15) is 5.56 Å². The van der Waals surface area contributed by atoms with Crippen molar-refractivity contribution in [3.05, 3.63) is 30.1 Å². The maximum atomic E-state index is 9.29. The highest BCUT2D eigenvalue weighted by Gasteiger charge is 2.02. The second-order valence-corrected chi connectivity index (χ2v) is 2.79. The summed E-state index contributed by atoms with van der Waals surface area (Å²) in [6.45, 7) is 2.02. The quantitative estimate of drug-likeness (QED) is 0.681. The van der Waals surface area contributed by atoms with E-state index in [9.17, 15) is 4.57 Å². The first kappa shape index (κ1) is 11.2. The minimum absolute atomic E-state index is 1.17. The summed E-state index contributed by atoms with van der Waals surface area (Å²) >= 11 is 0. The lowest BCUT2D eigenvalue weighted by atomic mass is 10.3. The van der Waals surface area contributed by atoms with E-state index in [1.54, 1.807) is 6.20 Å². The molecule has 0 radical (unpaired) electrons. The zero-order valence-corrected chi connectivity index (χ0v) is 7.86. The van der Waals surface area contributed by atoms with Gasteiger partial charge in [-0.3, -0.25) is 4.98 Å². The number of rotatable bonds is 1. The van der Waals surface area contributed by atoms with Gasteiger partial charge in [-0.1, -0.05) is 6.07 Å². The molecule has 0 fully saturated rings. The van der Waals surface area contributed by atoms with Crippen LogP contribution < -0.4 is 0 Å². The van der Waals surface area contributed by atoms with Gasteiger partial charge in [0, 0.05) is 17.0 Å². The monoisotopic (exact) mass is 188 g/mol. The third-order valence-electron chi connectivity index (χ3n) is 0.966. The Kier molecular flexibility index (Phi) is 6.38. The van der Waals surface area contributed by atoms with Crippen molar-refractivity contribution in [2.75, 3.05) is 7.11 Å². The van der Waals surface area contributed by atoms with E-state index >= 15 is 0 Å². The molecule has 1 rings (SSSR count). The largest absolute Gasteiger partial charge is 0.694 e. The average Bonchev–Trinajstić information content (AvgIpc) is 2.07. The molecule has 0 aliphatic rings. The van der Waals surface area contributed by atoms with Crippen LogP contribution in [0.2, 0.25) is 0 Å². The second-order valence-electron chi connectivity index (χ2n) is 1.95. The Bertz CT molecular complexity index is 227. The molecule has 1 heterocycles. The molecule has 5 heteroatoms. The van der Waals surface area contributed by atoms with Crippen LogP contribution in [0.15, 0.2) is 24.5 Å². The van der Waals surface area contributed by atoms with Crippen LogP contribution in [-0.4, -0.2) is 17.0 Å². The first-order valence-electron chi connectivity index (χ1n) is 3.23. The third-order valence-corrected chi connectivity index (χ3v) is 1.28. The molecule has 0 bridgehead atoms. The van der Waals surface area contributed by atoms with Crippen LogP contribution >= 0.6 is 8.25 Å². The van der Waals surface area contributed by atoms with E-state index in [4.69, 9.17) is 4.89 Å². The summed E-state index contributed by atoms with van der Waals surface area (Å²) in [6.07, 6.45) is 3.60. The summed E-state index contributed by atoms with van der Waals surface area (Å²) in [4.78, 5) is 11.5. The molecule has 0 aliphatic carbocycles. The zero-order chi connectivity index (χ0) is 9.40. The second kappa shape index (κ2) is 6.85. The highest BCUT2D eigenvalue weighted by molar-refractivity contribution is 7.32. The normalized spacial score (nSPS) is 9.75. The number of pyridine rings is 1. The highest BCUT2D eigenvalue weighted by atomic mass is 31.1. The van der Waals surface area contributed by atoms with Crippen molar-refractivity contribution >= 4 is 8.25 Å². The van der Waals surface area contributed by atoms with Gasteiger partial charge in [-0.25, -0.2) is 0 Å². The van der Waals surface area contributed by atoms with Gasteiger partial charge >= 0.3 is 8.25 Å². The van der Waals surface area contributed by atoms with Crippen LogP contribution in [0.3, 0.4) is 0 Å². The highest BCUT2D eigenvalue weighted by Crippen LogP contribution is 2.09. The van der Waals surface area contributed by atoms with E-state index < -0.39 is 8.25 Å². The van der Waals surface area contributed by atoms with E-state index in [1.807, 2.05) is 25.3 Å². The van der Waals surface area contributed by atoms with Gasteiger partial charge in [0.15, 0.2) is 0 Å². The predicted octanol–water partition coefficient (Wildman–Crippen LogP) is 1.67. The standard InChI is InChI=1S/C6H7N.CH3O3P/c1-6-3-2-4-7-5-6;1-4-5(2)3/h2-5H,1H3;1H3/p+1. The maximum absolute atomic E-state index is 9.29. The van der Waals surface area contributed by atoms with Gasteiger partial charge in [0.1, 0.15) is 0 Å². The van der Waals surface area contributed by atoms with Crippen molar-refractivity contribution in [2.24, 2.45) is 0 Å². The Morgan fingerprint density at radius 2 is 2.25 bits per heavy atom. The van der Waals surface area contributed by atoms with Gasteiger partial charge in [-0.2, -0.15) is 0 Å². The fraction of sp³-hybridized carbons (Fsp3) is 0.286. The molecule has 1 unspecified atom stereocenters. The van der Waals surface area contributed by atoms with E-state index in [2.05, 4.69) is 9.51 Å². The maximum Gasteiger partial charge on any atom is 0.694 e. The molecule has 1 aromatic heterocycles. The van der Waals surface area contributed by atoms with E-state index in [-0.39, 0.29) is 0 Å². The molecule has 4 nitrogen and oxygen atoms in total. The number of aromatic nitrogens is 1. The van der Waals surface area contributed by atoms with Crippen LogP contribution in [0.5, 0.6) is 0 Å². The summed E-state index contributed by atoms with van der Waals surface area (Å²) in [5.74, 6) is 0. The Morgan fingerprint density at radius 1 is 1.67 bits per heavy atom. The minimum Gasteiger partial charge on any atom is -0.264 e. The summed E-state index contributed by atoms with van der Waals surface area (Å²) in [5.41, 5.74) is 1.21. The third kappa shape index (κ3) is 7.28. The van der Waals surface area contributed by atoms with E-state index in [0.29, 0.717) is 0 Å². The lowest BCUT2D eigenvalue weighted by Gasteiger charge is -1.82. The molecule has 12 heavy (non-hydrogen) atoms. The zero-order valence-electron chi connectivity index (χ0n) is 6.97. The fourth-order valence-electron chi connectivity index (χ4n) is 0.448. The fourth-order valence-corrected chi connectivity index (χ4v) is 0.448. The van der Waals surface area contributed by atoms with Gasteiger partial charge in [0.05, 0.1) is 7.11 Å². The molecule has 0 amide bonds. The molecular formula is C7H11NO3P+. The lowest BCUT2D eigenvalue weighted by molar-refractivity contribution is 0.343. The molecule has 0 spiro atoms. The number of aryl methyl sites for hydroxylation is 1. The molecule has 0 aliphatic heterocycles. The number of hydrogen-bond acceptors (Lipinski definition) is 3. The lowest BCUT2D eigenvalue weighted by Crippen LogP contribution is -1.69. The van der Waals surface area contributed by atoms with Crippen molar-refractivity contribution < 1.29 is 14.0 Å². The molecular weight excluding hydrogens is 177 g/mol. The first-order valence-corrected chi connectivity index (χ1v) is 4.36. The summed E-state index contributed by atoms with van der Waals surface area (Å²) < 4.78 is 13.1. The predicted molar refractivity (Wildman–Crippen MR) is 45.8 cm³/mol. The van der Waals surface area contributed by atoms with Gasteiger partial charge in [0.25, 0.3) is 0 Å². The van der Waals surface area contributed by atoms with Crippen molar-refractivity contribution in [1.29, 1.82) is 0 Å². The Morgan fingerprint density at radius 3 is 2.42 bits per heavy atom. The van der Waals surface area contributed by atoms with Crippen molar-refractivity contribution in [3.8, 4) is 0 Å². The van der Waals surface area contributed by atoms with E-state index in [1.165, 1.54) is 12.7 Å². The van der Waals surface area contributed by atoms with Crippen molar-refractivity contribution in [2.45, 2.75) is 6.92 Å². The summed E-state index contributed by atoms with van der Waals surface area (Å²) in [7, 11) is -1.18. The summed E-state index contributed by atoms with van der Waals surface area (Å²) in [6, 6.07) is 3.95. The molecule has 1 N–H and O–H groups in total. The van der Waals surface area contributed by atoms with Gasteiger partial charge in [0.2, 0.25) is 0 Å². The SMILES string of the molecule is CO[P+](=O)O.Cc1cccnc1. The van der Waals surface area contributed by atoms with Gasteiger partial charge < -0.3 is 0 Å². The molecule has 1 aromatic rings. The summed E-state index contributed by atoms with van der Waals surface area (Å²) in [5, 5.41) is 0. The Balaban J connectivity index is 0.000000217. The van der Waals surface area contributed by atoms with Gasteiger partial charge in [-0.15, -0.1) is 9.42 Å². The molecule has 0 saturated heterocycles. The van der Waals surface area contributed by atoms with E-state index in [0.717, 1.165) is 0 Å². The van der Waals surface area contributed by atoms with Gasteiger partial charge in [-0.05, 0) is 18.6 Å². The molecule has 1 atom stereocenters. The Hall–Kier alpha value is -0.830. The average molecular weight is 188 g/mol. The van der Waals surface area contributed by atoms with Crippen molar-refractivity contribution in [1.82, 2.24) is 4.98 Å². The van der Waals surface area contributed by atoms with Crippen LogP contribution in [0.4, 0.5) is 0 Å². The smallest absolute Gasteiger partial charge is 0.264 e. The molecule has 0 aromatic carbocycles.